The normalized spacial score (nSPS) is 13.9. The Kier molecular flexibility index (Phi) is 10.6. The number of guanidine groups is 1. The predicted octanol–water partition coefficient (Wildman–Crippen LogP) is 2.88. The third-order valence-corrected chi connectivity index (χ3v) is 6.06. The van der Waals surface area contributed by atoms with Gasteiger partial charge in [-0.15, -0.1) is 35.3 Å². The molecular formula is C22H32IN5OS. The van der Waals surface area contributed by atoms with Crippen LogP contribution in [0.2, 0.25) is 0 Å². The van der Waals surface area contributed by atoms with E-state index in [2.05, 4.69) is 39.2 Å². The van der Waals surface area contributed by atoms with E-state index in [1.807, 2.05) is 35.6 Å². The van der Waals surface area contributed by atoms with Crippen LogP contribution in [0.3, 0.4) is 0 Å². The van der Waals surface area contributed by atoms with Crippen molar-refractivity contribution in [2.24, 2.45) is 4.99 Å². The number of nitrogens with zero attached hydrogens (tertiary/aromatic N) is 2. The quantitative estimate of drug-likeness (QED) is 0.273. The summed E-state index contributed by atoms with van der Waals surface area (Å²) in [6.45, 7) is 7.59. The average molecular weight is 542 g/mol. The second kappa shape index (κ2) is 12.9. The molecule has 0 bridgehead atoms. The zero-order valence-corrected chi connectivity index (χ0v) is 20.9. The molecule has 3 N–H and O–H groups in total. The first-order chi connectivity index (χ1) is 14.2. The number of hydrogen-bond donors (Lipinski definition) is 3. The molecule has 1 amide bonds. The zero-order valence-electron chi connectivity index (χ0n) is 17.7. The van der Waals surface area contributed by atoms with E-state index in [1.165, 1.54) is 5.56 Å². The Balaban J connectivity index is 0.00000320. The number of thiophene rings is 1. The lowest BCUT2D eigenvalue weighted by Gasteiger charge is -2.26. The minimum atomic E-state index is -0.0537. The van der Waals surface area contributed by atoms with Crippen molar-refractivity contribution in [2.45, 2.75) is 26.3 Å². The number of rotatable bonds is 8. The maximum atomic E-state index is 11.8. The molecule has 2 aromatic rings. The Labute approximate surface area is 200 Å². The van der Waals surface area contributed by atoms with Crippen LogP contribution in [0.15, 0.2) is 40.7 Å². The molecule has 2 heterocycles. The van der Waals surface area contributed by atoms with Crippen molar-refractivity contribution in [3.63, 3.8) is 0 Å². The van der Waals surface area contributed by atoms with Gasteiger partial charge in [-0.1, -0.05) is 12.1 Å². The molecule has 0 spiro atoms. The standard InChI is InChI=1S/C22H31N5OS.HI/c1-3-24-22(25-10-7-17-5-4-6-18(15-17)21(28)23-2)26-11-13-27-12-8-20-19(16-27)9-14-29-20;/h4-6,9,14-15H,3,7-8,10-13,16H2,1-2H3,(H,23,28)(H2,24,25,26);1H. The van der Waals surface area contributed by atoms with Gasteiger partial charge in [-0.3, -0.25) is 14.7 Å². The van der Waals surface area contributed by atoms with E-state index in [1.54, 1.807) is 11.9 Å². The van der Waals surface area contributed by atoms with Gasteiger partial charge in [0.1, 0.15) is 0 Å². The van der Waals surface area contributed by atoms with Gasteiger partial charge < -0.3 is 16.0 Å². The topological polar surface area (TPSA) is 68.8 Å². The molecule has 164 valence electrons. The zero-order chi connectivity index (χ0) is 20.5. The van der Waals surface area contributed by atoms with Gasteiger partial charge >= 0.3 is 0 Å². The molecule has 0 fully saturated rings. The first-order valence-corrected chi connectivity index (χ1v) is 11.2. The van der Waals surface area contributed by atoms with Crippen molar-refractivity contribution in [2.75, 3.05) is 39.8 Å². The van der Waals surface area contributed by atoms with Crippen LogP contribution in [-0.2, 0) is 19.4 Å². The molecule has 0 radical (unpaired) electrons. The summed E-state index contributed by atoms with van der Waals surface area (Å²) in [5.74, 6) is 0.796. The number of carbonyl (C=O) groups excluding carboxylic acids is 1. The van der Waals surface area contributed by atoms with E-state index in [4.69, 9.17) is 4.99 Å². The van der Waals surface area contributed by atoms with Gasteiger partial charge in [0.15, 0.2) is 5.96 Å². The van der Waals surface area contributed by atoms with Gasteiger partial charge in [-0.05, 0) is 54.5 Å². The Morgan fingerprint density at radius 3 is 2.93 bits per heavy atom. The maximum absolute atomic E-state index is 11.8. The fourth-order valence-electron chi connectivity index (χ4n) is 3.48. The Bertz CT molecular complexity index is 838. The smallest absolute Gasteiger partial charge is 0.251 e. The third-order valence-electron chi connectivity index (χ3n) is 5.04. The number of hydrogen-bond acceptors (Lipinski definition) is 4. The first-order valence-electron chi connectivity index (χ1n) is 10.3. The number of benzene rings is 1. The molecule has 3 rings (SSSR count). The average Bonchev–Trinajstić information content (AvgIpc) is 3.21. The van der Waals surface area contributed by atoms with Gasteiger partial charge in [0.2, 0.25) is 0 Å². The summed E-state index contributed by atoms with van der Waals surface area (Å²) in [6.07, 6.45) is 1.99. The van der Waals surface area contributed by atoms with Crippen molar-refractivity contribution >= 4 is 47.2 Å². The predicted molar refractivity (Wildman–Crippen MR) is 136 cm³/mol. The van der Waals surface area contributed by atoms with Crippen LogP contribution in [0.5, 0.6) is 0 Å². The second-order valence-electron chi connectivity index (χ2n) is 7.11. The van der Waals surface area contributed by atoms with Crippen molar-refractivity contribution in [3.05, 3.63) is 57.3 Å². The number of carbonyl (C=O) groups is 1. The third kappa shape index (κ3) is 7.24. The van der Waals surface area contributed by atoms with Crippen LogP contribution in [0.4, 0.5) is 0 Å². The van der Waals surface area contributed by atoms with Crippen LogP contribution >= 0.6 is 35.3 Å². The van der Waals surface area contributed by atoms with Gasteiger partial charge in [0.05, 0.1) is 6.54 Å². The van der Waals surface area contributed by atoms with Crippen molar-refractivity contribution < 1.29 is 4.79 Å². The van der Waals surface area contributed by atoms with Gasteiger partial charge in [0, 0.05) is 50.2 Å². The fourth-order valence-corrected chi connectivity index (χ4v) is 4.37. The summed E-state index contributed by atoms with van der Waals surface area (Å²) in [6, 6.07) is 10.0. The molecule has 1 aliphatic rings. The van der Waals surface area contributed by atoms with E-state index in [-0.39, 0.29) is 29.9 Å². The van der Waals surface area contributed by atoms with E-state index >= 15 is 0 Å². The highest BCUT2D eigenvalue weighted by molar-refractivity contribution is 14.0. The van der Waals surface area contributed by atoms with E-state index in [0.717, 1.165) is 63.6 Å². The molecule has 0 atom stereocenters. The molecule has 1 aliphatic heterocycles. The molecule has 0 unspecified atom stereocenters. The minimum absolute atomic E-state index is 0. The number of nitrogens with one attached hydrogen (secondary N) is 3. The fraction of sp³-hybridized carbons (Fsp3) is 0.455. The summed E-state index contributed by atoms with van der Waals surface area (Å²) in [5, 5.41) is 11.6. The molecule has 1 aromatic heterocycles. The minimum Gasteiger partial charge on any atom is -0.357 e. The van der Waals surface area contributed by atoms with Gasteiger partial charge in [-0.25, -0.2) is 0 Å². The van der Waals surface area contributed by atoms with Crippen LogP contribution < -0.4 is 16.0 Å². The Morgan fingerprint density at radius 2 is 2.13 bits per heavy atom. The summed E-state index contributed by atoms with van der Waals surface area (Å²) < 4.78 is 0. The van der Waals surface area contributed by atoms with E-state index < -0.39 is 0 Å². The largest absolute Gasteiger partial charge is 0.357 e. The van der Waals surface area contributed by atoms with Crippen molar-refractivity contribution in [1.82, 2.24) is 20.9 Å². The van der Waals surface area contributed by atoms with Crippen LogP contribution in [0.25, 0.3) is 0 Å². The van der Waals surface area contributed by atoms with Crippen molar-refractivity contribution in [1.29, 1.82) is 0 Å². The van der Waals surface area contributed by atoms with Crippen LogP contribution in [0, 0.1) is 0 Å². The van der Waals surface area contributed by atoms with Crippen molar-refractivity contribution in [3.8, 4) is 0 Å². The monoisotopic (exact) mass is 541 g/mol. The molecule has 0 saturated carbocycles. The first kappa shape index (κ1) is 24.6. The summed E-state index contributed by atoms with van der Waals surface area (Å²) in [5.41, 5.74) is 3.31. The maximum Gasteiger partial charge on any atom is 0.251 e. The van der Waals surface area contributed by atoms with Crippen LogP contribution in [-0.4, -0.2) is 56.5 Å². The highest BCUT2D eigenvalue weighted by Gasteiger charge is 2.16. The summed E-state index contributed by atoms with van der Waals surface area (Å²) in [7, 11) is 1.65. The summed E-state index contributed by atoms with van der Waals surface area (Å²) in [4.78, 5) is 20.5. The SMILES string of the molecule is CCNC(=NCCN1CCc2sccc2C1)NCCc1cccc(C(=O)NC)c1.I. The molecular weight excluding hydrogens is 509 g/mol. The van der Waals surface area contributed by atoms with Gasteiger partial charge in [0.25, 0.3) is 5.91 Å². The Morgan fingerprint density at radius 1 is 1.27 bits per heavy atom. The van der Waals surface area contributed by atoms with E-state index in [9.17, 15) is 4.79 Å². The highest BCUT2D eigenvalue weighted by atomic mass is 127. The molecule has 0 saturated heterocycles. The van der Waals surface area contributed by atoms with E-state index in [0.29, 0.717) is 5.56 Å². The molecule has 30 heavy (non-hydrogen) atoms. The lowest BCUT2D eigenvalue weighted by molar-refractivity contribution is 0.0963. The number of halogens is 1. The number of aliphatic imine (C=N–C) groups is 1. The lowest BCUT2D eigenvalue weighted by atomic mass is 10.1. The summed E-state index contributed by atoms with van der Waals surface area (Å²) >= 11 is 1.88. The highest BCUT2D eigenvalue weighted by Crippen LogP contribution is 2.23. The molecule has 0 aliphatic carbocycles. The van der Waals surface area contributed by atoms with Gasteiger partial charge in [-0.2, -0.15) is 0 Å². The Hall–Kier alpha value is -1.65. The second-order valence-corrected chi connectivity index (χ2v) is 8.11. The molecule has 1 aromatic carbocycles. The lowest BCUT2D eigenvalue weighted by Crippen LogP contribution is -2.39. The molecule has 6 nitrogen and oxygen atoms in total. The number of amides is 1. The molecule has 8 heteroatoms. The number of fused-ring (bicyclic) bond motifs is 1. The van der Waals surface area contributed by atoms with Crippen LogP contribution in [0.1, 0.15) is 33.3 Å².